The Morgan fingerprint density at radius 3 is 2.26 bits per heavy atom. The van der Waals surface area contributed by atoms with Gasteiger partial charge in [-0.2, -0.15) is 0 Å². The molecule has 0 amide bonds. The number of hydrogen-bond acceptors (Lipinski definition) is 1. The van der Waals surface area contributed by atoms with Gasteiger partial charge >= 0.3 is 0 Å². The van der Waals surface area contributed by atoms with Gasteiger partial charge in [0.05, 0.1) is 0 Å². The molecule has 0 atom stereocenters. The molecule has 0 bridgehead atoms. The lowest BCUT2D eigenvalue weighted by molar-refractivity contribution is 0.631. The van der Waals surface area contributed by atoms with Crippen LogP contribution in [0.25, 0.3) is 45.2 Å². The summed E-state index contributed by atoms with van der Waals surface area (Å²) in [6.07, 6.45) is 4.30. The van der Waals surface area contributed by atoms with Crippen molar-refractivity contribution in [2.24, 2.45) is 0 Å². The van der Waals surface area contributed by atoms with Crippen molar-refractivity contribution in [3.05, 3.63) is 106 Å². The Morgan fingerprint density at radius 2 is 1.48 bits per heavy atom. The molecule has 31 heavy (non-hydrogen) atoms. The zero-order chi connectivity index (χ0) is 21.4. The van der Waals surface area contributed by atoms with Gasteiger partial charge in [-0.05, 0) is 57.6 Å². The van der Waals surface area contributed by atoms with Gasteiger partial charge in [-0.15, -0.1) is 0 Å². The van der Waals surface area contributed by atoms with Crippen molar-refractivity contribution in [3.8, 4) is 11.3 Å². The first-order valence-corrected chi connectivity index (χ1v) is 11.4. The van der Waals surface area contributed by atoms with Gasteiger partial charge in [0.25, 0.3) is 0 Å². The SMILES string of the molecule is CC(C)c1ccc(/C=C/c2ccc(-c3cc4c(ccc5ccccc54)o3)c(Br)c2)cc1. The summed E-state index contributed by atoms with van der Waals surface area (Å²) in [4.78, 5) is 0. The Hall–Kier alpha value is -3.10. The van der Waals surface area contributed by atoms with E-state index < -0.39 is 0 Å². The Morgan fingerprint density at radius 1 is 0.742 bits per heavy atom. The average molecular weight is 467 g/mol. The molecule has 0 saturated heterocycles. The highest BCUT2D eigenvalue weighted by atomic mass is 79.9. The van der Waals surface area contributed by atoms with Crippen molar-refractivity contribution in [1.82, 2.24) is 0 Å². The molecular formula is C29H23BrO. The largest absolute Gasteiger partial charge is 0.456 e. The molecule has 1 aromatic heterocycles. The van der Waals surface area contributed by atoms with Gasteiger partial charge in [0, 0.05) is 15.4 Å². The fraction of sp³-hybridized carbons (Fsp3) is 0.103. The van der Waals surface area contributed by atoms with Crippen LogP contribution in [0, 0.1) is 0 Å². The summed E-state index contributed by atoms with van der Waals surface area (Å²) in [6.45, 7) is 4.43. The molecule has 152 valence electrons. The van der Waals surface area contributed by atoms with Gasteiger partial charge in [0.2, 0.25) is 0 Å². The second-order valence-corrected chi connectivity index (χ2v) is 9.06. The van der Waals surface area contributed by atoms with Crippen molar-refractivity contribution in [2.45, 2.75) is 19.8 Å². The molecular weight excluding hydrogens is 444 g/mol. The van der Waals surface area contributed by atoms with E-state index in [1.54, 1.807) is 0 Å². The molecule has 4 aromatic carbocycles. The molecule has 0 saturated carbocycles. The van der Waals surface area contributed by atoms with Crippen LogP contribution in [0.1, 0.15) is 36.5 Å². The molecule has 0 unspecified atom stereocenters. The lowest BCUT2D eigenvalue weighted by Gasteiger charge is -2.05. The summed E-state index contributed by atoms with van der Waals surface area (Å²) < 4.78 is 7.22. The molecule has 5 aromatic rings. The smallest absolute Gasteiger partial charge is 0.136 e. The summed E-state index contributed by atoms with van der Waals surface area (Å²) in [6, 6.07) is 29.9. The summed E-state index contributed by atoms with van der Waals surface area (Å²) in [5.41, 5.74) is 5.68. The maximum atomic E-state index is 6.19. The van der Waals surface area contributed by atoms with Gasteiger partial charge in [0.1, 0.15) is 11.3 Å². The quantitative estimate of drug-likeness (QED) is 0.240. The normalized spacial score (nSPS) is 11.9. The molecule has 0 aliphatic heterocycles. The van der Waals surface area contributed by atoms with Crippen molar-refractivity contribution >= 4 is 49.8 Å². The van der Waals surface area contributed by atoms with Crippen LogP contribution in [0.4, 0.5) is 0 Å². The molecule has 1 heterocycles. The number of halogens is 1. The second-order valence-electron chi connectivity index (χ2n) is 8.20. The molecule has 0 spiro atoms. The van der Waals surface area contributed by atoms with Crippen molar-refractivity contribution in [3.63, 3.8) is 0 Å². The van der Waals surface area contributed by atoms with Crippen LogP contribution < -0.4 is 0 Å². The van der Waals surface area contributed by atoms with E-state index in [0.29, 0.717) is 5.92 Å². The Bertz CT molecular complexity index is 1400. The minimum atomic E-state index is 0.553. The van der Waals surface area contributed by atoms with Crippen LogP contribution in [0.2, 0.25) is 0 Å². The van der Waals surface area contributed by atoms with E-state index in [1.165, 1.54) is 21.9 Å². The third kappa shape index (κ3) is 3.96. The number of hydrogen-bond donors (Lipinski definition) is 0. The average Bonchev–Trinajstić information content (AvgIpc) is 3.22. The minimum absolute atomic E-state index is 0.553. The maximum absolute atomic E-state index is 6.19. The lowest BCUT2D eigenvalue weighted by atomic mass is 10.0. The number of rotatable bonds is 4. The maximum Gasteiger partial charge on any atom is 0.136 e. The molecule has 1 nitrogen and oxygen atoms in total. The highest BCUT2D eigenvalue weighted by Crippen LogP contribution is 2.36. The first-order chi connectivity index (χ1) is 15.1. The number of fused-ring (bicyclic) bond motifs is 3. The third-order valence-electron chi connectivity index (χ3n) is 5.76. The van der Waals surface area contributed by atoms with Crippen LogP contribution in [0.5, 0.6) is 0 Å². The Kier molecular flexibility index (Phi) is 5.25. The number of benzene rings is 4. The predicted octanol–water partition coefficient (Wildman–Crippen LogP) is 9.31. The zero-order valence-electron chi connectivity index (χ0n) is 17.6. The first-order valence-electron chi connectivity index (χ1n) is 10.6. The van der Waals surface area contributed by atoms with Crippen molar-refractivity contribution in [2.75, 3.05) is 0 Å². The fourth-order valence-corrected chi connectivity index (χ4v) is 4.54. The third-order valence-corrected chi connectivity index (χ3v) is 6.41. The molecule has 0 N–H and O–H groups in total. The van der Waals surface area contributed by atoms with Gasteiger partial charge in [0.15, 0.2) is 0 Å². The standard InChI is InChI=1S/C29H23BrO/c1-19(2)22-12-9-20(10-13-22)7-8-21-11-15-25(27(30)17-21)29-18-26-24-6-4-3-5-23(24)14-16-28(26)31-29/h3-19H,1-2H3/b8-7+. The van der Waals surface area contributed by atoms with Gasteiger partial charge in [-0.3, -0.25) is 0 Å². The summed E-state index contributed by atoms with van der Waals surface area (Å²) in [5.74, 6) is 1.43. The van der Waals surface area contributed by atoms with Gasteiger partial charge in [-0.1, -0.05) is 103 Å². The van der Waals surface area contributed by atoms with Crippen molar-refractivity contribution in [1.29, 1.82) is 0 Å². The van der Waals surface area contributed by atoms with Crippen LogP contribution in [-0.4, -0.2) is 0 Å². The van der Waals surface area contributed by atoms with Gasteiger partial charge < -0.3 is 4.42 Å². The zero-order valence-corrected chi connectivity index (χ0v) is 19.2. The van der Waals surface area contributed by atoms with E-state index in [0.717, 1.165) is 32.3 Å². The summed E-state index contributed by atoms with van der Waals surface area (Å²) >= 11 is 3.75. The predicted molar refractivity (Wildman–Crippen MR) is 136 cm³/mol. The molecule has 5 rings (SSSR count). The second kappa shape index (κ2) is 8.20. The highest BCUT2D eigenvalue weighted by Gasteiger charge is 2.12. The van der Waals surface area contributed by atoms with E-state index in [9.17, 15) is 0 Å². The molecule has 0 aliphatic rings. The molecule has 0 radical (unpaired) electrons. The summed E-state index contributed by atoms with van der Waals surface area (Å²) in [7, 11) is 0. The van der Waals surface area contributed by atoms with E-state index in [-0.39, 0.29) is 0 Å². The first kappa shape index (κ1) is 19.8. The molecule has 2 heteroatoms. The number of furan rings is 1. The van der Waals surface area contributed by atoms with Gasteiger partial charge in [-0.25, -0.2) is 0 Å². The molecule has 0 aliphatic carbocycles. The van der Waals surface area contributed by atoms with Crippen molar-refractivity contribution < 1.29 is 4.42 Å². The van der Waals surface area contributed by atoms with Crippen LogP contribution in [0.15, 0.2) is 93.8 Å². The summed E-state index contributed by atoms with van der Waals surface area (Å²) in [5, 5.41) is 3.59. The highest BCUT2D eigenvalue weighted by molar-refractivity contribution is 9.10. The monoisotopic (exact) mass is 466 g/mol. The fourth-order valence-electron chi connectivity index (χ4n) is 3.94. The van der Waals surface area contributed by atoms with E-state index in [2.05, 4.69) is 127 Å². The Balaban J connectivity index is 1.44. The van der Waals surface area contributed by atoms with Crippen LogP contribution in [0.3, 0.4) is 0 Å². The van der Waals surface area contributed by atoms with Crippen LogP contribution in [-0.2, 0) is 0 Å². The van der Waals surface area contributed by atoms with E-state index >= 15 is 0 Å². The van der Waals surface area contributed by atoms with Crippen LogP contribution >= 0.6 is 15.9 Å². The Labute approximate surface area is 191 Å². The van der Waals surface area contributed by atoms with E-state index in [1.807, 2.05) is 0 Å². The molecule has 0 fully saturated rings. The lowest BCUT2D eigenvalue weighted by Crippen LogP contribution is -1.85. The van der Waals surface area contributed by atoms with E-state index in [4.69, 9.17) is 4.42 Å². The topological polar surface area (TPSA) is 13.1 Å². The minimum Gasteiger partial charge on any atom is -0.456 e.